The summed E-state index contributed by atoms with van der Waals surface area (Å²) in [7, 11) is 0. The van der Waals surface area contributed by atoms with E-state index in [1.54, 1.807) is 6.92 Å². The summed E-state index contributed by atoms with van der Waals surface area (Å²) in [5, 5.41) is 0. The summed E-state index contributed by atoms with van der Waals surface area (Å²) in [6.07, 6.45) is 0.806. The third-order valence-corrected chi connectivity index (χ3v) is 6.38. The van der Waals surface area contributed by atoms with Gasteiger partial charge in [-0.1, -0.05) is 68.0 Å². The molecule has 0 aliphatic heterocycles. The fourth-order valence-electron chi connectivity index (χ4n) is 4.97. The minimum absolute atomic E-state index is 0.0256. The number of ketones is 1. The van der Waals surface area contributed by atoms with Crippen LogP contribution in [0, 0.1) is 25.2 Å². The summed E-state index contributed by atoms with van der Waals surface area (Å²) in [4.78, 5) is 12.5. The zero-order chi connectivity index (χ0) is 20.6. The molecule has 1 aliphatic rings. The lowest BCUT2D eigenvalue weighted by atomic mass is 9.75. The average molecular weight is 373 g/mol. The van der Waals surface area contributed by atoms with Crippen molar-refractivity contribution >= 4 is 11.4 Å². The number of carbonyl (C=O) groups excluding carboxylic acids is 1. The minimum Gasteiger partial charge on any atom is -0.300 e. The van der Waals surface area contributed by atoms with E-state index < -0.39 is 0 Å². The van der Waals surface area contributed by atoms with Crippen molar-refractivity contribution in [2.24, 2.45) is 11.3 Å². The standard InChI is InChI=1S/C27H32O/c1-17(2)26-23(16-24(20(5)28)27(26,6)7)25(21-11-9-8-10-12-21)22-14-13-18(3)19(4)15-22/h8-15,24H,16H2,1-7H3/b25-23+. The topological polar surface area (TPSA) is 17.1 Å². The van der Waals surface area contributed by atoms with E-state index in [2.05, 4.69) is 90.1 Å². The smallest absolute Gasteiger partial charge is 0.134 e. The molecule has 2 aromatic carbocycles. The molecule has 0 heterocycles. The van der Waals surface area contributed by atoms with Crippen molar-refractivity contribution in [1.29, 1.82) is 0 Å². The van der Waals surface area contributed by atoms with Crippen molar-refractivity contribution in [2.75, 3.05) is 0 Å². The number of aryl methyl sites for hydroxylation is 2. The van der Waals surface area contributed by atoms with Crippen LogP contribution in [0.4, 0.5) is 0 Å². The molecule has 0 aromatic heterocycles. The van der Waals surface area contributed by atoms with E-state index in [-0.39, 0.29) is 17.1 Å². The Labute approximate surface area is 170 Å². The number of Topliss-reactive ketones (excluding diaryl/α,β-unsaturated/α-hetero) is 1. The van der Waals surface area contributed by atoms with E-state index in [0.717, 1.165) is 6.42 Å². The molecule has 0 bridgehead atoms. The van der Waals surface area contributed by atoms with E-state index in [4.69, 9.17) is 0 Å². The van der Waals surface area contributed by atoms with Crippen LogP contribution in [0.3, 0.4) is 0 Å². The molecule has 1 fully saturated rings. The van der Waals surface area contributed by atoms with Gasteiger partial charge in [-0.05, 0) is 85.4 Å². The Bertz CT molecular complexity index is 967. The van der Waals surface area contributed by atoms with Crippen molar-refractivity contribution in [2.45, 2.75) is 54.9 Å². The monoisotopic (exact) mass is 372 g/mol. The van der Waals surface area contributed by atoms with Crippen LogP contribution in [0.5, 0.6) is 0 Å². The fourth-order valence-corrected chi connectivity index (χ4v) is 4.97. The van der Waals surface area contributed by atoms with Crippen LogP contribution in [-0.2, 0) is 4.79 Å². The summed E-state index contributed by atoms with van der Waals surface area (Å²) in [5.41, 5.74) is 10.2. The van der Waals surface area contributed by atoms with E-state index in [1.807, 2.05) is 0 Å². The van der Waals surface area contributed by atoms with Crippen molar-refractivity contribution in [1.82, 2.24) is 0 Å². The molecule has 146 valence electrons. The molecule has 1 aliphatic carbocycles. The molecule has 1 heteroatoms. The summed E-state index contributed by atoms with van der Waals surface area (Å²) in [6.45, 7) is 14.9. The molecule has 3 rings (SSSR count). The van der Waals surface area contributed by atoms with Crippen LogP contribution in [0.1, 0.15) is 63.3 Å². The Hall–Kier alpha value is -2.41. The van der Waals surface area contributed by atoms with Gasteiger partial charge in [-0.2, -0.15) is 0 Å². The summed E-state index contributed by atoms with van der Waals surface area (Å²) in [5.74, 6) is 0.309. The van der Waals surface area contributed by atoms with E-state index in [0.29, 0.717) is 0 Å². The Morgan fingerprint density at radius 3 is 2.07 bits per heavy atom. The van der Waals surface area contributed by atoms with Gasteiger partial charge >= 0.3 is 0 Å². The number of rotatable bonds is 3. The molecule has 1 atom stereocenters. The van der Waals surface area contributed by atoms with Gasteiger partial charge in [-0.25, -0.2) is 0 Å². The molecular formula is C27H32O. The maximum atomic E-state index is 12.5. The van der Waals surface area contributed by atoms with Crippen LogP contribution in [-0.4, -0.2) is 5.78 Å². The number of benzene rings is 2. The summed E-state index contributed by atoms with van der Waals surface area (Å²) >= 11 is 0. The molecule has 0 radical (unpaired) electrons. The first-order valence-corrected chi connectivity index (χ1v) is 10.2. The number of carbonyl (C=O) groups is 1. The second-order valence-corrected chi connectivity index (χ2v) is 8.98. The Balaban J connectivity index is 2.38. The average Bonchev–Trinajstić information content (AvgIpc) is 2.90. The second-order valence-electron chi connectivity index (χ2n) is 8.98. The van der Waals surface area contributed by atoms with Gasteiger partial charge in [-0.3, -0.25) is 4.79 Å². The largest absolute Gasteiger partial charge is 0.300 e. The molecule has 2 aromatic rings. The SMILES string of the molecule is CC(=O)C1C/C(=C(/c2ccccc2)c2ccc(C)c(C)c2)C(=C(C)C)C1(C)C. The fraction of sp³-hybridized carbons (Fsp3) is 0.370. The molecule has 0 N–H and O–H groups in total. The molecule has 0 amide bonds. The highest BCUT2D eigenvalue weighted by Crippen LogP contribution is 2.54. The van der Waals surface area contributed by atoms with Gasteiger partial charge in [0.25, 0.3) is 0 Å². The van der Waals surface area contributed by atoms with Gasteiger partial charge in [0.2, 0.25) is 0 Å². The zero-order valence-corrected chi connectivity index (χ0v) is 18.3. The normalized spacial score (nSPS) is 20.2. The van der Waals surface area contributed by atoms with Gasteiger partial charge in [-0.15, -0.1) is 0 Å². The maximum Gasteiger partial charge on any atom is 0.134 e. The van der Waals surface area contributed by atoms with Gasteiger partial charge in [0.15, 0.2) is 0 Å². The number of hydrogen-bond acceptors (Lipinski definition) is 1. The first kappa shape index (κ1) is 20.3. The lowest BCUT2D eigenvalue weighted by molar-refractivity contribution is -0.122. The predicted molar refractivity (Wildman–Crippen MR) is 119 cm³/mol. The molecule has 1 nitrogen and oxygen atoms in total. The quantitative estimate of drug-likeness (QED) is 0.563. The molecular weight excluding hydrogens is 340 g/mol. The highest BCUT2D eigenvalue weighted by Gasteiger charge is 2.45. The van der Waals surface area contributed by atoms with Gasteiger partial charge in [0.05, 0.1) is 0 Å². The second kappa shape index (κ2) is 7.54. The molecule has 0 saturated heterocycles. The summed E-state index contributed by atoms with van der Waals surface area (Å²) < 4.78 is 0. The van der Waals surface area contributed by atoms with E-state index >= 15 is 0 Å². The Kier molecular flexibility index (Phi) is 5.48. The van der Waals surface area contributed by atoms with Crippen LogP contribution < -0.4 is 0 Å². The number of allylic oxidation sites excluding steroid dienone is 3. The predicted octanol–water partition coefficient (Wildman–Crippen LogP) is 7.08. The molecule has 1 saturated carbocycles. The first-order valence-electron chi connectivity index (χ1n) is 10.2. The summed E-state index contributed by atoms with van der Waals surface area (Å²) in [6, 6.07) is 17.4. The van der Waals surface area contributed by atoms with Crippen molar-refractivity contribution < 1.29 is 4.79 Å². The lowest BCUT2D eigenvalue weighted by Gasteiger charge is -2.28. The van der Waals surface area contributed by atoms with E-state index in [1.165, 1.54) is 44.5 Å². The Morgan fingerprint density at radius 1 is 0.893 bits per heavy atom. The van der Waals surface area contributed by atoms with Gasteiger partial charge in [0.1, 0.15) is 5.78 Å². The molecule has 0 spiro atoms. The Morgan fingerprint density at radius 2 is 1.54 bits per heavy atom. The zero-order valence-electron chi connectivity index (χ0n) is 18.3. The van der Waals surface area contributed by atoms with Crippen LogP contribution >= 0.6 is 0 Å². The van der Waals surface area contributed by atoms with Crippen molar-refractivity contribution in [3.05, 3.63) is 87.5 Å². The van der Waals surface area contributed by atoms with Crippen LogP contribution in [0.2, 0.25) is 0 Å². The van der Waals surface area contributed by atoms with Crippen LogP contribution in [0.15, 0.2) is 65.3 Å². The van der Waals surface area contributed by atoms with Gasteiger partial charge < -0.3 is 0 Å². The number of hydrogen-bond donors (Lipinski definition) is 0. The minimum atomic E-state index is -0.153. The highest BCUT2D eigenvalue weighted by molar-refractivity contribution is 5.89. The van der Waals surface area contributed by atoms with Crippen molar-refractivity contribution in [3.63, 3.8) is 0 Å². The van der Waals surface area contributed by atoms with Gasteiger partial charge in [0, 0.05) is 5.92 Å². The lowest BCUT2D eigenvalue weighted by Crippen LogP contribution is -2.25. The van der Waals surface area contributed by atoms with Crippen molar-refractivity contribution in [3.8, 4) is 0 Å². The molecule has 1 unspecified atom stereocenters. The molecule has 28 heavy (non-hydrogen) atoms. The first-order chi connectivity index (χ1) is 13.1. The third kappa shape index (κ3) is 3.51. The maximum absolute atomic E-state index is 12.5. The van der Waals surface area contributed by atoms with E-state index in [9.17, 15) is 4.79 Å². The third-order valence-electron chi connectivity index (χ3n) is 6.38. The van der Waals surface area contributed by atoms with Crippen LogP contribution in [0.25, 0.3) is 5.57 Å². The highest BCUT2D eigenvalue weighted by atomic mass is 16.1.